The van der Waals surface area contributed by atoms with Crippen molar-refractivity contribution in [2.24, 2.45) is 5.41 Å². The molecular weight excluding hydrogens is 140 g/mol. The van der Waals surface area contributed by atoms with Crippen LogP contribution in [0.15, 0.2) is 11.6 Å². The van der Waals surface area contributed by atoms with E-state index in [1.54, 1.807) is 6.08 Å². The molecule has 0 radical (unpaired) electrons. The lowest BCUT2D eigenvalue weighted by Gasteiger charge is -2.13. The number of carboxylic acids is 1. The summed E-state index contributed by atoms with van der Waals surface area (Å²) in [7, 11) is 0. The molecule has 0 amide bonds. The van der Waals surface area contributed by atoms with E-state index < -0.39 is 5.97 Å². The predicted molar refractivity (Wildman–Crippen MR) is 45.5 cm³/mol. The Kier molecular flexibility index (Phi) is 3.30. The van der Waals surface area contributed by atoms with Crippen LogP contribution in [0.1, 0.15) is 34.1 Å². The average molecular weight is 156 g/mol. The Hall–Kier alpha value is -0.790. The highest BCUT2D eigenvalue weighted by Gasteiger charge is 2.11. The molecule has 0 spiro atoms. The van der Waals surface area contributed by atoms with Crippen LogP contribution in [0, 0.1) is 5.41 Å². The number of carbonyl (C=O) groups is 1. The zero-order valence-corrected chi connectivity index (χ0v) is 7.64. The van der Waals surface area contributed by atoms with Gasteiger partial charge in [0, 0.05) is 5.57 Å². The minimum Gasteiger partial charge on any atom is -0.478 e. The third-order valence-electron chi connectivity index (χ3n) is 1.26. The van der Waals surface area contributed by atoms with Crippen molar-refractivity contribution in [1.82, 2.24) is 0 Å². The quantitative estimate of drug-likeness (QED) is 0.623. The first-order valence-corrected chi connectivity index (χ1v) is 3.82. The van der Waals surface area contributed by atoms with E-state index in [1.165, 1.54) is 0 Å². The standard InChI is InChI=1S/C9H16O2/c1-5-7(8(10)11)6-9(2,3)4/h6H,5H2,1-4H3,(H,10,11)/b7-6+. The largest absolute Gasteiger partial charge is 0.478 e. The van der Waals surface area contributed by atoms with Crippen LogP contribution >= 0.6 is 0 Å². The average Bonchev–Trinajstić information content (AvgIpc) is 1.80. The molecule has 0 rings (SSSR count). The lowest BCUT2D eigenvalue weighted by molar-refractivity contribution is -0.132. The maximum absolute atomic E-state index is 10.5. The molecule has 0 saturated heterocycles. The van der Waals surface area contributed by atoms with Crippen molar-refractivity contribution < 1.29 is 9.90 Å². The smallest absolute Gasteiger partial charge is 0.331 e. The van der Waals surface area contributed by atoms with Gasteiger partial charge >= 0.3 is 5.97 Å². The Morgan fingerprint density at radius 1 is 1.45 bits per heavy atom. The Labute approximate surface area is 67.9 Å². The van der Waals surface area contributed by atoms with Gasteiger partial charge in [0.1, 0.15) is 0 Å². The van der Waals surface area contributed by atoms with Gasteiger partial charge < -0.3 is 5.11 Å². The summed E-state index contributed by atoms with van der Waals surface area (Å²) in [6.07, 6.45) is 2.39. The molecule has 0 aromatic carbocycles. The summed E-state index contributed by atoms with van der Waals surface area (Å²) >= 11 is 0. The van der Waals surface area contributed by atoms with Gasteiger partial charge in [0.25, 0.3) is 0 Å². The lowest BCUT2D eigenvalue weighted by atomic mass is 9.93. The van der Waals surface area contributed by atoms with Gasteiger partial charge in [-0.05, 0) is 11.8 Å². The van der Waals surface area contributed by atoms with Gasteiger partial charge in [-0.15, -0.1) is 0 Å². The van der Waals surface area contributed by atoms with Crippen molar-refractivity contribution in [1.29, 1.82) is 0 Å². The van der Waals surface area contributed by atoms with Crippen LogP contribution in [-0.2, 0) is 4.79 Å². The molecule has 0 atom stereocenters. The van der Waals surface area contributed by atoms with Crippen molar-refractivity contribution in [2.75, 3.05) is 0 Å². The predicted octanol–water partition coefficient (Wildman–Crippen LogP) is 2.45. The molecule has 0 aromatic rings. The van der Waals surface area contributed by atoms with Gasteiger partial charge in [0.15, 0.2) is 0 Å². The maximum atomic E-state index is 10.5. The first-order valence-electron chi connectivity index (χ1n) is 3.82. The molecule has 0 saturated carbocycles. The molecule has 0 aliphatic carbocycles. The van der Waals surface area contributed by atoms with Gasteiger partial charge in [0.05, 0.1) is 0 Å². The number of hydrogen-bond acceptors (Lipinski definition) is 1. The van der Waals surface area contributed by atoms with E-state index in [0.29, 0.717) is 12.0 Å². The van der Waals surface area contributed by atoms with Gasteiger partial charge in [-0.1, -0.05) is 33.8 Å². The van der Waals surface area contributed by atoms with E-state index >= 15 is 0 Å². The second kappa shape index (κ2) is 3.56. The summed E-state index contributed by atoms with van der Waals surface area (Å²) in [6, 6.07) is 0. The van der Waals surface area contributed by atoms with E-state index in [1.807, 2.05) is 27.7 Å². The summed E-state index contributed by atoms with van der Waals surface area (Å²) in [6.45, 7) is 7.83. The molecule has 0 unspecified atom stereocenters. The van der Waals surface area contributed by atoms with Crippen LogP contribution in [0.25, 0.3) is 0 Å². The summed E-state index contributed by atoms with van der Waals surface area (Å²) in [4.78, 5) is 10.5. The molecule has 1 N–H and O–H groups in total. The molecule has 0 aliphatic heterocycles. The molecule has 2 nitrogen and oxygen atoms in total. The van der Waals surface area contributed by atoms with Gasteiger partial charge in [0.2, 0.25) is 0 Å². The maximum Gasteiger partial charge on any atom is 0.331 e. The number of rotatable bonds is 2. The van der Waals surface area contributed by atoms with Crippen LogP contribution in [0.2, 0.25) is 0 Å². The molecule has 0 heterocycles. The third-order valence-corrected chi connectivity index (χ3v) is 1.26. The summed E-state index contributed by atoms with van der Waals surface area (Å²) in [5.41, 5.74) is 0.460. The molecule has 0 aliphatic rings. The molecule has 11 heavy (non-hydrogen) atoms. The second-order valence-corrected chi connectivity index (χ2v) is 3.69. The Balaban J connectivity index is 4.49. The van der Waals surface area contributed by atoms with Crippen molar-refractivity contribution in [3.8, 4) is 0 Å². The number of aliphatic carboxylic acids is 1. The van der Waals surface area contributed by atoms with E-state index in [0.717, 1.165) is 0 Å². The van der Waals surface area contributed by atoms with Gasteiger partial charge in [-0.25, -0.2) is 4.79 Å². The van der Waals surface area contributed by atoms with Crippen molar-refractivity contribution in [2.45, 2.75) is 34.1 Å². The van der Waals surface area contributed by atoms with Crippen LogP contribution in [-0.4, -0.2) is 11.1 Å². The summed E-state index contributed by atoms with van der Waals surface area (Å²) in [5, 5.41) is 8.67. The van der Waals surface area contributed by atoms with E-state index in [2.05, 4.69) is 0 Å². The molecule has 0 fully saturated rings. The molecule has 0 bridgehead atoms. The fourth-order valence-corrected chi connectivity index (χ4v) is 0.838. The minimum absolute atomic E-state index is 0.0380. The highest BCUT2D eigenvalue weighted by atomic mass is 16.4. The third kappa shape index (κ3) is 4.59. The monoisotopic (exact) mass is 156 g/mol. The SMILES string of the molecule is CC/C(=C\C(C)(C)C)C(=O)O. The molecule has 64 valence electrons. The van der Waals surface area contributed by atoms with Crippen molar-refractivity contribution in [3.63, 3.8) is 0 Å². The van der Waals surface area contributed by atoms with E-state index in [9.17, 15) is 4.79 Å². The minimum atomic E-state index is -0.803. The summed E-state index contributed by atoms with van der Waals surface area (Å²) < 4.78 is 0. The van der Waals surface area contributed by atoms with E-state index in [4.69, 9.17) is 5.11 Å². The fourth-order valence-electron chi connectivity index (χ4n) is 0.838. The zero-order chi connectivity index (χ0) is 9.07. The second-order valence-electron chi connectivity index (χ2n) is 3.69. The summed E-state index contributed by atoms with van der Waals surface area (Å²) in [5.74, 6) is -0.803. The first kappa shape index (κ1) is 10.2. The Morgan fingerprint density at radius 3 is 2.00 bits per heavy atom. The molecule has 0 aromatic heterocycles. The van der Waals surface area contributed by atoms with Crippen molar-refractivity contribution >= 4 is 5.97 Å². The van der Waals surface area contributed by atoms with Crippen LogP contribution < -0.4 is 0 Å². The highest BCUT2D eigenvalue weighted by molar-refractivity contribution is 5.86. The number of hydrogen-bond donors (Lipinski definition) is 1. The number of carboxylic acid groups (broad SMARTS) is 1. The first-order chi connectivity index (χ1) is 4.87. The van der Waals surface area contributed by atoms with Crippen LogP contribution in [0.4, 0.5) is 0 Å². The normalized spacial score (nSPS) is 13.3. The Morgan fingerprint density at radius 2 is 1.91 bits per heavy atom. The lowest BCUT2D eigenvalue weighted by Crippen LogP contribution is -2.07. The van der Waals surface area contributed by atoms with Crippen LogP contribution in [0.3, 0.4) is 0 Å². The fraction of sp³-hybridized carbons (Fsp3) is 0.667. The van der Waals surface area contributed by atoms with E-state index in [-0.39, 0.29) is 5.41 Å². The van der Waals surface area contributed by atoms with Crippen LogP contribution in [0.5, 0.6) is 0 Å². The van der Waals surface area contributed by atoms with Gasteiger partial charge in [-0.2, -0.15) is 0 Å². The van der Waals surface area contributed by atoms with Crippen molar-refractivity contribution in [3.05, 3.63) is 11.6 Å². The molecule has 2 heteroatoms. The highest BCUT2D eigenvalue weighted by Crippen LogP contribution is 2.18. The van der Waals surface area contributed by atoms with Gasteiger partial charge in [-0.3, -0.25) is 0 Å². The number of allylic oxidation sites excluding steroid dienone is 1. The molecular formula is C9H16O2. The Bertz CT molecular complexity index is 172. The topological polar surface area (TPSA) is 37.3 Å². The zero-order valence-electron chi connectivity index (χ0n) is 7.64.